The van der Waals surface area contributed by atoms with Crippen molar-refractivity contribution in [2.75, 3.05) is 0 Å². The Kier molecular flexibility index (Phi) is 10.00. The molecular weight excluding hydrogens is 873 g/mol. The third-order valence-electron chi connectivity index (χ3n) is 13.6. The van der Waals surface area contributed by atoms with Gasteiger partial charge in [-0.2, -0.15) is 0 Å². The van der Waals surface area contributed by atoms with Crippen molar-refractivity contribution in [1.82, 2.24) is 19.5 Å². The summed E-state index contributed by atoms with van der Waals surface area (Å²) in [6.45, 7) is 0. The number of hydrogen-bond donors (Lipinski definition) is 0. The highest BCUT2D eigenvalue weighted by Gasteiger charge is 2.41. The van der Waals surface area contributed by atoms with Crippen LogP contribution in [0, 0.1) is 0 Å². The molecule has 0 atom stereocenters. The fourth-order valence-corrected chi connectivity index (χ4v) is 16.5. The first-order chi connectivity index (χ1) is 34.2. The van der Waals surface area contributed by atoms with E-state index >= 15 is 0 Å². The molecule has 0 aliphatic heterocycles. The van der Waals surface area contributed by atoms with Gasteiger partial charge in [-0.05, 0) is 74.3 Å². The first-order valence-corrected chi connectivity index (χ1v) is 26.2. The Bertz CT molecular complexity index is 3850. The zero-order valence-electron chi connectivity index (χ0n) is 37.4. The number of benzene rings is 10. The van der Waals surface area contributed by atoms with Gasteiger partial charge < -0.3 is 4.57 Å². The van der Waals surface area contributed by atoms with Gasteiger partial charge in [-0.15, -0.1) is 11.3 Å². The molecule has 324 valence electrons. The van der Waals surface area contributed by atoms with Crippen molar-refractivity contribution in [3.63, 3.8) is 0 Å². The molecule has 13 aromatic rings. The summed E-state index contributed by atoms with van der Waals surface area (Å²) in [5.74, 6) is 1.86. The minimum atomic E-state index is -2.83. The van der Waals surface area contributed by atoms with E-state index < -0.39 is 8.07 Å². The van der Waals surface area contributed by atoms with E-state index in [0.717, 1.165) is 27.9 Å². The number of nitrogens with zero attached hydrogens (tertiary/aromatic N) is 4. The maximum Gasteiger partial charge on any atom is 0.179 e. The minimum absolute atomic E-state index is 0.617. The summed E-state index contributed by atoms with van der Waals surface area (Å²) >= 11 is 1.85. The van der Waals surface area contributed by atoms with Gasteiger partial charge in [-0.25, -0.2) is 15.0 Å². The second-order valence-electron chi connectivity index (χ2n) is 17.5. The van der Waals surface area contributed by atoms with Crippen molar-refractivity contribution in [1.29, 1.82) is 0 Å². The van der Waals surface area contributed by atoms with E-state index in [0.29, 0.717) is 17.5 Å². The quantitative estimate of drug-likeness (QED) is 0.107. The molecule has 4 nitrogen and oxygen atoms in total. The lowest BCUT2D eigenvalue weighted by atomic mass is 10.0. The van der Waals surface area contributed by atoms with E-state index in [4.69, 9.17) is 15.0 Å². The second-order valence-corrected chi connectivity index (χ2v) is 22.4. The van der Waals surface area contributed by atoms with E-state index in [1.54, 1.807) is 0 Å². The van der Waals surface area contributed by atoms with Crippen LogP contribution < -0.4 is 20.7 Å². The van der Waals surface area contributed by atoms with E-state index in [1.807, 2.05) is 11.3 Å². The van der Waals surface area contributed by atoms with Crippen LogP contribution in [0.5, 0.6) is 0 Å². The molecule has 69 heavy (non-hydrogen) atoms. The molecule has 0 bridgehead atoms. The van der Waals surface area contributed by atoms with Crippen LogP contribution in [0.15, 0.2) is 255 Å². The van der Waals surface area contributed by atoms with Crippen molar-refractivity contribution in [3.8, 4) is 51.0 Å². The molecule has 0 spiro atoms. The third kappa shape index (κ3) is 6.91. The summed E-state index contributed by atoms with van der Waals surface area (Å²) < 4.78 is 4.93. The molecule has 3 heterocycles. The molecule has 0 aliphatic rings. The molecule has 0 saturated heterocycles. The highest BCUT2D eigenvalue weighted by molar-refractivity contribution is 7.26. The van der Waals surface area contributed by atoms with Gasteiger partial charge >= 0.3 is 0 Å². The van der Waals surface area contributed by atoms with E-state index in [9.17, 15) is 0 Å². The van der Waals surface area contributed by atoms with Gasteiger partial charge in [-0.1, -0.05) is 212 Å². The first-order valence-electron chi connectivity index (χ1n) is 23.3. The van der Waals surface area contributed by atoms with Gasteiger partial charge in [0.1, 0.15) is 0 Å². The maximum absolute atomic E-state index is 5.34. The predicted molar refractivity (Wildman–Crippen MR) is 292 cm³/mol. The van der Waals surface area contributed by atoms with Crippen LogP contribution in [0.1, 0.15) is 0 Å². The van der Waals surface area contributed by atoms with Crippen LogP contribution >= 0.6 is 11.3 Å². The second kappa shape index (κ2) is 17.0. The molecule has 0 aliphatic carbocycles. The number of para-hydroxylation sites is 2. The Morgan fingerprint density at radius 2 is 0.754 bits per heavy atom. The lowest BCUT2D eigenvalue weighted by Crippen LogP contribution is -2.74. The van der Waals surface area contributed by atoms with Gasteiger partial charge in [0, 0.05) is 53.3 Å². The lowest BCUT2D eigenvalue weighted by molar-refractivity contribution is 1.07. The van der Waals surface area contributed by atoms with Crippen molar-refractivity contribution in [2.45, 2.75) is 0 Å². The zero-order chi connectivity index (χ0) is 45.7. The first kappa shape index (κ1) is 40.7. The van der Waals surface area contributed by atoms with E-state index in [1.165, 1.54) is 68.3 Å². The fourth-order valence-electron chi connectivity index (χ4n) is 10.5. The largest absolute Gasteiger partial charge is 0.309 e. The van der Waals surface area contributed by atoms with Gasteiger partial charge in [0.05, 0.1) is 11.0 Å². The highest BCUT2D eigenvalue weighted by atomic mass is 32.1. The van der Waals surface area contributed by atoms with Crippen LogP contribution in [0.25, 0.3) is 93.0 Å². The van der Waals surface area contributed by atoms with Crippen molar-refractivity contribution in [2.24, 2.45) is 0 Å². The van der Waals surface area contributed by atoms with Crippen molar-refractivity contribution < 1.29 is 0 Å². The minimum Gasteiger partial charge on any atom is -0.309 e. The Labute approximate surface area is 405 Å². The summed E-state index contributed by atoms with van der Waals surface area (Å²) in [6.07, 6.45) is 0. The van der Waals surface area contributed by atoms with Gasteiger partial charge in [0.15, 0.2) is 25.5 Å². The number of fused-ring (bicyclic) bond motifs is 6. The number of thiophene rings is 1. The summed E-state index contributed by atoms with van der Waals surface area (Å²) in [6, 6.07) is 92.0. The molecule has 0 unspecified atom stereocenters. The van der Waals surface area contributed by atoms with Gasteiger partial charge in [-0.3, -0.25) is 0 Å². The van der Waals surface area contributed by atoms with Crippen molar-refractivity contribution in [3.05, 3.63) is 255 Å². The average Bonchev–Trinajstić information content (AvgIpc) is 3.98. The van der Waals surface area contributed by atoms with Crippen LogP contribution in [-0.4, -0.2) is 27.6 Å². The standard InChI is InChI=1S/C63H42N4SSi/c1-4-19-48(20-5-1)69(49-21-6-2-7-22-49,50-23-8-3-9-24-50)51-25-16-18-46(42-51)63-65-61(44-36-34-43(35-37-44)52-29-17-30-56-55-28-12-15-33-59(55)68-60(52)56)64-62(66-63)45-38-40-47(41-39-45)67-57-31-13-10-26-53(57)54-27-11-14-32-58(54)67/h1-42H. The molecule has 3 aromatic heterocycles. The molecule has 0 amide bonds. The van der Waals surface area contributed by atoms with Crippen LogP contribution in [0.3, 0.4) is 0 Å². The van der Waals surface area contributed by atoms with Gasteiger partial charge in [0.25, 0.3) is 0 Å². The highest BCUT2D eigenvalue weighted by Crippen LogP contribution is 2.40. The maximum atomic E-state index is 5.34. The summed E-state index contributed by atoms with van der Waals surface area (Å²) in [7, 11) is -2.83. The van der Waals surface area contributed by atoms with Crippen LogP contribution in [-0.2, 0) is 0 Å². The Hall–Kier alpha value is -8.55. The Morgan fingerprint density at radius 3 is 1.33 bits per heavy atom. The van der Waals surface area contributed by atoms with Crippen molar-refractivity contribution >= 4 is 82.1 Å². The molecule has 10 aromatic carbocycles. The summed E-state index contributed by atoms with van der Waals surface area (Å²) in [4.78, 5) is 15.9. The zero-order valence-corrected chi connectivity index (χ0v) is 39.3. The summed E-state index contributed by atoms with van der Waals surface area (Å²) in [5.41, 5.74) is 8.57. The molecule has 0 N–H and O–H groups in total. The third-order valence-corrected chi connectivity index (χ3v) is 19.6. The van der Waals surface area contributed by atoms with Gasteiger partial charge in [0.2, 0.25) is 0 Å². The Balaban J connectivity index is 0.971. The molecule has 0 fully saturated rings. The molecule has 0 radical (unpaired) electrons. The smallest absolute Gasteiger partial charge is 0.179 e. The van der Waals surface area contributed by atoms with E-state index in [-0.39, 0.29) is 0 Å². The Morgan fingerprint density at radius 1 is 0.319 bits per heavy atom. The topological polar surface area (TPSA) is 43.6 Å². The normalized spacial score (nSPS) is 11.8. The summed E-state index contributed by atoms with van der Waals surface area (Å²) in [5, 5.41) is 10.2. The molecule has 6 heteroatoms. The number of rotatable bonds is 9. The fraction of sp³-hybridized carbons (Fsp3) is 0. The number of aromatic nitrogens is 4. The van der Waals surface area contributed by atoms with E-state index in [2.05, 4.69) is 259 Å². The predicted octanol–water partition coefficient (Wildman–Crippen LogP) is 13.4. The molecular formula is C63H42N4SSi. The van der Waals surface area contributed by atoms with Crippen LogP contribution in [0.4, 0.5) is 0 Å². The lowest BCUT2D eigenvalue weighted by Gasteiger charge is -2.34. The molecule has 13 rings (SSSR count). The SMILES string of the molecule is c1ccc([Si](c2ccccc2)(c2ccccc2)c2cccc(-c3nc(-c4ccc(-c5cccc6c5sc5ccccc56)cc4)nc(-c4ccc(-n5c6ccccc6c6ccccc65)cc4)n3)c2)cc1. The molecule has 0 saturated carbocycles. The monoisotopic (exact) mass is 914 g/mol. The average molecular weight is 915 g/mol. The number of hydrogen-bond acceptors (Lipinski definition) is 4. The van der Waals surface area contributed by atoms with Crippen LogP contribution in [0.2, 0.25) is 0 Å².